The molecule has 4 aliphatic heterocycles. The van der Waals surface area contributed by atoms with Crippen molar-refractivity contribution in [2.75, 3.05) is 88.6 Å². The Morgan fingerprint density at radius 3 is 0.750 bits per heavy atom. The third-order valence-corrected chi connectivity index (χ3v) is 18.6. The molecular formula is C59H66N20O13S4. The fourth-order valence-electron chi connectivity index (χ4n) is 9.82. The summed E-state index contributed by atoms with van der Waals surface area (Å²) >= 11 is 5.08. The van der Waals surface area contributed by atoms with Crippen LogP contribution >= 0.6 is 47.0 Å². The van der Waals surface area contributed by atoms with Crippen molar-refractivity contribution in [3.05, 3.63) is 119 Å². The van der Waals surface area contributed by atoms with E-state index in [1.807, 2.05) is 14.7 Å². The molecule has 4 aliphatic rings. The second kappa shape index (κ2) is 35.7. The lowest BCUT2D eigenvalue weighted by Crippen LogP contribution is -2.41. The van der Waals surface area contributed by atoms with Gasteiger partial charge in [-0.3, -0.25) is 19.2 Å². The SMILES string of the molecule is O=C(O)c1ccc(-n2nnnc2SCC(=O)N2CCCC2)cc1.O=C(O)c1ccc(-n2nnnc2SCC(=O)N2CCCCC2)cc1.O=C(O)c1ccc(-n2nnnc2SCC(=O)N2CCCCCC2)cc1.O=C(O)c1ccc(-n2nnnc2SCC(=O)N2CCOCC2)cc1. The molecule has 96 heavy (non-hydrogen) atoms. The van der Waals surface area contributed by atoms with Gasteiger partial charge in [0, 0.05) is 52.4 Å². The summed E-state index contributed by atoms with van der Waals surface area (Å²) in [5.74, 6) is -2.58. The third-order valence-electron chi connectivity index (χ3n) is 15.0. The Morgan fingerprint density at radius 2 is 0.521 bits per heavy atom. The van der Waals surface area contributed by atoms with Crippen LogP contribution in [-0.2, 0) is 23.9 Å². The first-order chi connectivity index (χ1) is 46.6. The van der Waals surface area contributed by atoms with E-state index in [2.05, 4.69) is 62.1 Å². The fourth-order valence-corrected chi connectivity index (χ4v) is 13.0. The number of morpholine rings is 1. The Labute approximate surface area is 564 Å². The standard InChI is InChI=1S/C16H19N5O3S.C15H17N5O3S.C14H15N5O4S.C14H15N5O3S/c22-14(20-9-3-1-2-4-10-20)11-25-16-17-18-19-21(16)13-7-5-12(6-8-13)15(23)24;21-13(19-8-2-1-3-9-19)10-24-15-16-17-18-20(15)12-6-4-11(5-7-12)14(22)23;20-12(18-5-7-23-8-6-18)9-24-14-15-16-17-19(14)11-3-1-10(2-4-11)13(21)22;20-12(18-7-1-2-8-18)9-23-14-15-16-17-19(14)11-5-3-10(4-6-11)13(21)22/h5-8H,1-4,9-11H2,(H,23,24);4-7H,1-3,8-10H2,(H,22,23);1-4H,5-9H2,(H,21,22);3-6H,1-2,7-9H2,(H,21,22). The number of amides is 4. The number of carbonyl (C=O) groups is 8. The normalized spacial score (nSPS) is 14.6. The Hall–Kier alpha value is -9.72. The Kier molecular flexibility index (Phi) is 26.2. The van der Waals surface area contributed by atoms with Crippen molar-refractivity contribution in [3.63, 3.8) is 0 Å². The van der Waals surface area contributed by atoms with E-state index in [4.69, 9.17) is 25.2 Å². The van der Waals surface area contributed by atoms with Crippen LogP contribution in [-0.4, -0.2) is 257 Å². The maximum atomic E-state index is 12.4. The lowest BCUT2D eigenvalue weighted by atomic mass is 10.1. The van der Waals surface area contributed by atoms with E-state index in [9.17, 15) is 38.4 Å². The molecule has 37 heteroatoms. The zero-order chi connectivity index (χ0) is 67.8. The molecule has 0 bridgehead atoms. The molecule has 0 atom stereocenters. The Morgan fingerprint density at radius 1 is 0.312 bits per heavy atom. The molecule has 33 nitrogen and oxygen atoms in total. The van der Waals surface area contributed by atoms with Crippen LogP contribution in [0.1, 0.15) is 99.2 Å². The van der Waals surface area contributed by atoms with Crippen molar-refractivity contribution in [3.8, 4) is 22.7 Å². The number of rotatable bonds is 20. The summed E-state index contributed by atoms with van der Waals surface area (Å²) in [6.45, 7) is 7.24. The number of carboxylic acids is 4. The van der Waals surface area contributed by atoms with Gasteiger partial charge in [0.05, 0.1) is 81.2 Å². The number of aromatic carboxylic acids is 4. The Bertz CT molecular complexity index is 3780. The predicted molar refractivity (Wildman–Crippen MR) is 346 cm³/mol. The molecule has 4 fully saturated rings. The summed E-state index contributed by atoms with van der Waals surface area (Å²) in [5, 5.41) is 83.7. The van der Waals surface area contributed by atoms with Gasteiger partial charge in [-0.15, -0.1) is 20.4 Å². The molecule has 0 aliphatic carbocycles. The highest BCUT2D eigenvalue weighted by Crippen LogP contribution is 2.25. The number of benzene rings is 4. The zero-order valence-corrected chi connectivity index (χ0v) is 54.8. The van der Waals surface area contributed by atoms with Gasteiger partial charge >= 0.3 is 23.9 Å². The quantitative estimate of drug-likeness (QED) is 0.0751. The number of carbonyl (C=O) groups excluding carboxylic acids is 4. The number of hydrogen-bond acceptors (Lipinski definition) is 25. The van der Waals surface area contributed by atoms with Gasteiger partial charge in [-0.2, -0.15) is 18.7 Å². The number of tetrazole rings is 4. The lowest BCUT2D eigenvalue weighted by molar-refractivity contribution is -0.132. The minimum absolute atomic E-state index is 0.0130. The molecule has 4 amide bonds. The first-order valence-corrected chi connectivity index (χ1v) is 34.2. The molecule has 8 heterocycles. The number of hydrogen-bond donors (Lipinski definition) is 4. The van der Waals surface area contributed by atoms with E-state index >= 15 is 0 Å². The van der Waals surface area contributed by atoms with Gasteiger partial charge in [-0.05, 0) is 184 Å². The highest BCUT2D eigenvalue weighted by Gasteiger charge is 2.24. The van der Waals surface area contributed by atoms with Gasteiger partial charge in [-0.1, -0.05) is 59.9 Å². The molecule has 0 unspecified atom stereocenters. The molecule has 504 valence electrons. The van der Waals surface area contributed by atoms with E-state index in [0.717, 1.165) is 77.8 Å². The number of likely N-dealkylation sites (tertiary alicyclic amines) is 3. The van der Waals surface area contributed by atoms with Crippen LogP contribution in [0.5, 0.6) is 0 Å². The monoisotopic (exact) mass is 1390 g/mol. The summed E-state index contributed by atoms with van der Waals surface area (Å²) in [6, 6.07) is 25.0. The lowest BCUT2D eigenvalue weighted by Gasteiger charge is -2.26. The summed E-state index contributed by atoms with van der Waals surface area (Å²) in [4.78, 5) is 99.8. The number of ether oxygens (including phenoxy) is 1. The molecule has 4 saturated heterocycles. The Balaban J connectivity index is 0.000000150. The van der Waals surface area contributed by atoms with Crippen molar-refractivity contribution in [2.24, 2.45) is 0 Å². The van der Waals surface area contributed by atoms with Crippen molar-refractivity contribution in [1.82, 2.24) is 100 Å². The number of aromatic nitrogens is 16. The van der Waals surface area contributed by atoms with Crippen LogP contribution in [0, 0.1) is 0 Å². The molecule has 4 aromatic carbocycles. The van der Waals surface area contributed by atoms with Crippen LogP contribution in [0.25, 0.3) is 22.7 Å². The molecule has 8 aromatic rings. The summed E-state index contributed by atoms with van der Waals surface area (Å²) in [6.07, 6.45) is 9.90. The van der Waals surface area contributed by atoms with Gasteiger partial charge in [-0.25, -0.2) is 19.2 Å². The molecule has 4 N–H and O–H groups in total. The predicted octanol–water partition coefficient (Wildman–Crippen LogP) is 4.71. The smallest absolute Gasteiger partial charge is 0.335 e. The number of thioether (sulfide) groups is 4. The first-order valence-electron chi connectivity index (χ1n) is 30.3. The maximum absolute atomic E-state index is 12.4. The number of carboxylic acid groups (broad SMARTS) is 4. The van der Waals surface area contributed by atoms with Gasteiger partial charge in [0.15, 0.2) is 0 Å². The van der Waals surface area contributed by atoms with E-state index in [1.54, 1.807) is 53.4 Å². The molecule has 12 rings (SSSR count). The highest BCUT2D eigenvalue weighted by molar-refractivity contribution is 8.00. The van der Waals surface area contributed by atoms with Crippen molar-refractivity contribution in [2.45, 2.75) is 78.4 Å². The average molecular weight is 1390 g/mol. The highest BCUT2D eigenvalue weighted by atomic mass is 32.2. The largest absolute Gasteiger partial charge is 0.478 e. The maximum Gasteiger partial charge on any atom is 0.335 e. The van der Waals surface area contributed by atoms with Gasteiger partial charge in [0.1, 0.15) is 0 Å². The van der Waals surface area contributed by atoms with Crippen molar-refractivity contribution in [1.29, 1.82) is 0 Å². The summed E-state index contributed by atoms with van der Waals surface area (Å²) in [7, 11) is 0. The topological polar surface area (TPSA) is 414 Å². The van der Waals surface area contributed by atoms with Gasteiger partial charge in [0.2, 0.25) is 44.3 Å². The van der Waals surface area contributed by atoms with Crippen LogP contribution in [0.15, 0.2) is 118 Å². The van der Waals surface area contributed by atoms with Crippen molar-refractivity contribution >= 4 is 94.6 Å². The minimum Gasteiger partial charge on any atom is -0.478 e. The molecule has 0 saturated carbocycles. The molecule has 0 spiro atoms. The first kappa shape index (κ1) is 70.6. The van der Waals surface area contributed by atoms with Crippen LogP contribution < -0.4 is 0 Å². The van der Waals surface area contributed by atoms with E-state index < -0.39 is 23.9 Å². The second-order valence-electron chi connectivity index (χ2n) is 21.4. The number of nitrogens with zero attached hydrogens (tertiary/aromatic N) is 20. The van der Waals surface area contributed by atoms with E-state index in [-0.39, 0.29) is 68.9 Å². The van der Waals surface area contributed by atoms with Crippen molar-refractivity contribution < 1.29 is 63.5 Å². The van der Waals surface area contributed by atoms with Crippen LogP contribution in [0.3, 0.4) is 0 Å². The molecule has 4 aromatic heterocycles. The fraction of sp³-hybridized carbons (Fsp3) is 0.390. The van der Waals surface area contributed by atoms with Crippen LogP contribution in [0.4, 0.5) is 0 Å². The number of piperidine rings is 1. The zero-order valence-electron chi connectivity index (χ0n) is 51.5. The third kappa shape index (κ3) is 20.2. The molecule has 0 radical (unpaired) electrons. The molecular weight excluding hydrogens is 1330 g/mol. The van der Waals surface area contributed by atoms with E-state index in [1.165, 1.54) is 134 Å². The minimum atomic E-state index is -0.996. The van der Waals surface area contributed by atoms with Gasteiger partial charge < -0.3 is 44.8 Å². The summed E-state index contributed by atoms with van der Waals surface area (Å²) < 4.78 is 11.2. The summed E-state index contributed by atoms with van der Waals surface area (Å²) in [5.41, 5.74) is 3.35. The average Bonchev–Trinajstić information content (AvgIpc) is 1.69. The van der Waals surface area contributed by atoms with E-state index in [0.29, 0.717) is 69.7 Å². The van der Waals surface area contributed by atoms with Crippen LogP contribution in [0.2, 0.25) is 0 Å². The van der Waals surface area contributed by atoms with Gasteiger partial charge in [0.25, 0.3) is 0 Å². The second-order valence-corrected chi connectivity index (χ2v) is 25.1.